The minimum absolute atomic E-state index is 0.116. The molecule has 0 aliphatic heterocycles. The van der Waals surface area contributed by atoms with Gasteiger partial charge in [0.05, 0.1) is 0 Å². The molecule has 1 aliphatic rings. The number of benzene rings is 1. The first kappa shape index (κ1) is 11.5. The fourth-order valence-electron chi connectivity index (χ4n) is 2.10. The lowest BCUT2D eigenvalue weighted by Crippen LogP contribution is -2.33. The number of hydrogen-bond donors (Lipinski definition) is 1. The number of nitrogens with one attached hydrogen (secondary N) is 1. The minimum atomic E-state index is 0.116. The topological polar surface area (TPSA) is 29.1 Å². The van der Waals surface area contributed by atoms with E-state index in [1.54, 1.807) is 0 Å². The molecule has 3 heteroatoms. The second-order valence-electron chi connectivity index (χ2n) is 4.20. The number of carbonyl (C=O) groups is 1. The molecule has 86 valence electrons. The fourth-order valence-corrected chi connectivity index (χ4v) is 2.23. The van der Waals surface area contributed by atoms with E-state index >= 15 is 0 Å². The predicted octanol–water partition coefficient (Wildman–Crippen LogP) is 2.46. The molecule has 2 rings (SSSR count). The van der Waals surface area contributed by atoms with Crippen LogP contribution in [0, 0.1) is 0 Å². The van der Waals surface area contributed by atoms with Gasteiger partial charge in [0.1, 0.15) is 0 Å². The minimum Gasteiger partial charge on any atom is -0.355 e. The molecule has 0 radical (unpaired) electrons. The van der Waals surface area contributed by atoms with Crippen molar-refractivity contribution >= 4 is 17.5 Å². The summed E-state index contributed by atoms with van der Waals surface area (Å²) in [5.74, 6) is 1.18. The maximum absolute atomic E-state index is 11.4. The molecule has 1 amide bonds. The standard InChI is InChI=1S/C13H16ClNO/c14-7-3-6-13(16)15-9-11-8-10-4-1-2-5-12(10)11/h1-2,4-5,11H,3,6-9H2,(H,15,16). The largest absolute Gasteiger partial charge is 0.355 e. The van der Waals surface area contributed by atoms with Crippen molar-refractivity contribution in [1.29, 1.82) is 0 Å². The molecule has 1 atom stereocenters. The van der Waals surface area contributed by atoms with Gasteiger partial charge in [0.2, 0.25) is 5.91 Å². The van der Waals surface area contributed by atoms with Crippen molar-refractivity contribution in [3.05, 3.63) is 35.4 Å². The average molecular weight is 238 g/mol. The fraction of sp³-hybridized carbons (Fsp3) is 0.462. The first-order chi connectivity index (χ1) is 7.81. The molecule has 0 saturated heterocycles. The van der Waals surface area contributed by atoms with Gasteiger partial charge < -0.3 is 5.32 Å². The van der Waals surface area contributed by atoms with E-state index in [2.05, 4.69) is 29.6 Å². The highest BCUT2D eigenvalue weighted by Gasteiger charge is 2.25. The molecule has 1 aliphatic carbocycles. The lowest BCUT2D eigenvalue weighted by atomic mass is 9.77. The Morgan fingerprint density at radius 3 is 3.00 bits per heavy atom. The summed E-state index contributed by atoms with van der Waals surface area (Å²) in [5.41, 5.74) is 2.81. The second kappa shape index (κ2) is 5.35. The molecule has 16 heavy (non-hydrogen) atoms. The van der Waals surface area contributed by atoms with Gasteiger partial charge in [-0.15, -0.1) is 11.6 Å². The maximum atomic E-state index is 11.4. The SMILES string of the molecule is O=C(CCCCl)NCC1Cc2ccccc21. The van der Waals surface area contributed by atoms with Crippen molar-refractivity contribution in [2.45, 2.75) is 25.2 Å². The zero-order valence-corrected chi connectivity index (χ0v) is 9.96. The maximum Gasteiger partial charge on any atom is 0.220 e. The Hall–Kier alpha value is -1.02. The third kappa shape index (κ3) is 2.56. The second-order valence-corrected chi connectivity index (χ2v) is 4.57. The summed E-state index contributed by atoms with van der Waals surface area (Å²) in [7, 11) is 0. The van der Waals surface area contributed by atoms with E-state index in [9.17, 15) is 4.79 Å². The van der Waals surface area contributed by atoms with Gasteiger partial charge in [-0.3, -0.25) is 4.79 Å². The van der Waals surface area contributed by atoms with Crippen molar-refractivity contribution in [2.75, 3.05) is 12.4 Å². The van der Waals surface area contributed by atoms with Crippen molar-refractivity contribution in [3.8, 4) is 0 Å². The molecule has 1 unspecified atom stereocenters. The molecule has 0 heterocycles. The summed E-state index contributed by atoms with van der Waals surface area (Å²) < 4.78 is 0. The van der Waals surface area contributed by atoms with Crippen LogP contribution in [0.15, 0.2) is 24.3 Å². The van der Waals surface area contributed by atoms with Crippen LogP contribution in [0.4, 0.5) is 0 Å². The third-order valence-electron chi connectivity index (χ3n) is 3.04. The predicted molar refractivity (Wildman–Crippen MR) is 65.9 cm³/mol. The van der Waals surface area contributed by atoms with Gasteiger partial charge in [0, 0.05) is 24.8 Å². The van der Waals surface area contributed by atoms with Gasteiger partial charge >= 0.3 is 0 Å². The highest BCUT2D eigenvalue weighted by molar-refractivity contribution is 6.17. The molecule has 1 aromatic rings. The number of amides is 1. The quantitative estimate of drug-likeness (QED) is 0.784. The first-order valence-electron chi connectivity index (χ1n) is 5.71. The van der Waals surface area contributed by atoms with Gasteiger partial charge in [-0.05, 0) is 24.0 Å². The highest BCUT2D eigenvalue weighted by Crippen LogP contribution is 2.33. The van der Waals surface area contributed by atoms with Crippen molar-refractivity contribution < 1.29 is 4.79 Å². The zero-order valence-electron chi connectivity index (χ0n) is 9.21. The Morgan fingerprint density at radius 1 is 1.44 bits per heavy atom. The number of rotatable bonds is 5. The summed E-state index contributed by atoms with van der Waals surface area (Å²) in [6.07, 6.45) is 2.39. The third-order valence-corrected chi connectivity index (χ3v) is 3.31. The van der Waals surface area contributed by atoms with E-state index in [0.29, 0.717) is 18.2 Å². The van der Waals surface area contributed by atoms with Crippen LogP contribution in [0.5, 0.6) is 0 Å². The van der Waals surface area contributed by atoms with Crippen molar-refractivity contribution in [3.63, 3.8) is 0 Å². The lowest BCUT2D eigenvalue weighted by molar-refractivity contribution is -0.121. The Labute approximate surface area is 101 Å². The van der Waals surface area contributed by atoms with E-state index in [1.165, 1.54) is 11.1 Å². The molecule has 0 fully saturated rings. The normalized spacial score (nSPS) is 17.4. The van der Waals surface area contributed by atoms with E-state index < -0.39 is 0 Å². The molecule has 0 bridgehead atoms. The lowest BCUT2D eigenvalue weighted by Gasteiger charge is -2.30. The number of halogens is 1. The Balaban J connectivity index is 1.75. The van der Waals surface area contributed by atoms with E-state index in [1.807, 2.05) is 0 Å². The summed E-state index contributed by atoms with van der Waals surface area (Å²) >= 11 is 5.53. The van der Waals surface area contributed by atoms with Gasteiger partial charge in [-0.1, -0.05) is 24.3 Å². The highest BCUT2D eigenvalue weighted by atomic mass is 35.5. The van der Waals surface area contributed by atoms with Crippen molar-refractivity contribution in [1.82, 2.24) is 5.32 Å². The van der Waals surface area contributed by atoms with Crippen LogP contribution >= 0.6 is 11.6 Å². The molecule has 0 aromatic heterocycles. The van der Waals surface area contributed by atoms with Gasteiger partial charge in [0.25, 0.3) is 0 Å². The van der Waals surface area contributed by atoms with E-state index in [0.717, 1.165) is 19.4 Å². The number of carbonyl (C=O) groups excluding carboxylic acids is 1. The molecule has 0 saturated carbocycles. The van der Waals surface area contributed by atoms with Gasteiger partial charge in [-0.2, -0.15) is 0 Å². The van der Waals surface area contributed by atoms with Gasteiger partial charge in [0.15, 0.2) is 0 Å². The Kier molecular flexibility index (Phi) is 3.83. The molecular formula is C13H16ClNO. The van der Waals surface area contributed by atoms with Crippen LogP contribution in [0.3, 0.4) is 0 Å². The summed E-state index contributed by atoms with van der Waals surface area (Å²) in [4.78, 5) is 11.4. The van der Waals surface area contributed by atoms with Gasteiger partial charge in [-0.25, -0.2) is 0 Å². The zero-order chi connectivity index (χ0) is 11.4. The summed E-state index contributed by atoms with van der Waals surface area (Å²) in [6.45, 7) is 0.762. The summed E-state index contributed by atoms with van der Waals surface area (Å²) in [6, 6.07) is 8.42. The number of alkyl halides is 1. The van der Waals surface area contributed by atoms with Crippen LogP contribution in [0.25, 0.3) is 0 Å². The molecule has 1 N–H and O–H groups in total. The Morgan fingerprint density at radius 2 is 2.25 bits per heavy atom. The first-order valence-corrected chi connectivity index (χ1v) is 6.25. The van der Waals surface area contributed by atoms with Crippen LogP contribution in [-0.4, -0.2) is 18.3 Å². The van der Waals surface area contributed by atoms with Crippen LogP contribution in [0.2, 0.25) is 0 Å². The van der Waals surface area contributed by atoms with Crippen molar-refractivity contribution in [2.24, 2.45) is 0 Å². The number of hydrogen-bond acceptors (Lipinski definition) is 1. The van der Waals surface area contributed by atoms with Crippen LogP contribution in [-0.2, 0) is 11.2 Å². The Bertz CT molecular complexity index is 378. The monoisotopic (exact) mass is 237 g/mol. The number of fused-ring (bicyclic) bond motifs is 1. The smallest absolute Gasteiger partial charge is 0.220 e. The van der Waals surface area contributed by atoms with E-state index in [4.69, 9.17) is 11.6 Å². The molecule has 2 nitrogen and oxygen atoms in total. The van der Waals surface area contributed by atoms with E-state index in [-0.39, 0.29) is 5.91 Å². The molecular weight excluding hydrogens is 222 g/mol. The van der Waals surface area contributed by atoms with Crippen LogP contribution in [0.1, 0.15) is 29.9 Å². The summed E-state index contributed by atoms with van der Waals surface area (Å²) in [5, 5.41) is 2.96. The average Bonchev–Trinajstić information content (AvgIpc) is 2.27. The van der Waals surface area contributed by atoms with Crippen LogP contribution < -0.4 is 5.32 Å². The molecule has 1 aromatic carbocycles. The molecule has 0 spiro atoms.